The van der Waals surface area contributed by atoms with Crippen molar-refractivity contribution in [2.45, 2.75) is 19.8 Å². The number of allylic oxidation sites excluding steroid dienone is 3. The van der Waals surface area contributed by atoms with Crippen molar-refractivity contribution >= 4 is 5.91 Å². The molecule has 0 spiro atoms. The number of rotatable bonds is 5. The summed E-state index contributed by atoms with van der Waals surface area (Å²) in [6.45, 7) is 4.67. The minimum absolute atomic E-state index is 0.0207. The SMILES string of the molecule is CC=CC=CC(=O)NCCC1=CCNCC1. The number of carbonyl (C=O) groups excluding carboxylic acids is 1. The molecule has 0 bridgehead atoms. The van der Waals surface area contributed by atoms with Crippen molar-refractivity contribution in [3.8, 4) is 0 Å². The van der Waals surface area contributed by atoms with E-state index >= 15 is 0 Å². The Hall–Kier alpha value is -1.35. The van der Waals surface area contributed by atoms with Crippen molar-refractivity contribution in [3.63, 3.8) is 0 Å². The zero-order chi connectivity index (χ0) is 11.6. The Labute approximate surface area is 97.3 Å². The van der Waals surface area contributed by atoms with Gasteiger partial charge in [0, 0.05) is 19.2 Å². The molecule has 0 fully saturated rings. The average molecular weight is 220 g/mol. The van der Waals surface area contributed by atoms with Crippen LogP contribution in [0, 0.1) is 0 Å². The third-order valence-electron chi connectivity index (χ3n) is 2.45. The normalized spacial score (nSPS) is 16.7. The molecule has 0 unspecified atom stereocenters. The van der Waals surface area contributed by atoms with Crippen LogP contribution in [-0.2, 0) is 4.79 Å². The molecule has 0 radical (unpaired) electrons. The molecule has 0 aliphatic carbocycles. The third-order valence-corrected chi connectivity index (χ3v) is 2.45. The third kappa shape index (κ3) is 5.51. The summed E-state index contributed by atoms with van der Waals surface area (Å²) in [4.78, 5) is 11.3. The predicted octanol–water partition coefficient (Wildman–Crippen LogP) is 1.54. The molecule has 0 saturated heterocycles. The molecule has 0 aromatic heterocycles. The van der Waals surface area contributed by atoms with E-state index in [4.69, 9.17) is 0 Å². The van der Waals surface area contributed by atoms with Crippen LogP contribution in [0.1, 0.15) is 19.8 Å². The van der Waals surface area contributed by atoms with Crippen molar-refractivity contribution in [2.24, 2.45) is 0 Å². The maximum absolute atomic E-state index is 11.3. The molecular weight excluding hydrogens is 200 g/mol. The molecule has 0 aromatic carbocycles. The zero-order valence-corrected chi connectivity index (χ0v) is 9.83. The first kappa shape index (κ1) is 12.7. The standard InChI is InChI=1S/C13H20N2O/c1-2-3-4-5-13(16)15-11-8-12-6-9-14-10-7-12/h2-6,14H,7-11H2,1H3,(H,15,16). The molecule has 3 nitrogen and oxygen atoms in total. The van der Waals surface area contributed by atoms with E-state index in [9.17, 15) is 4.79 Å². The van der Waals surface area contributed by atoms with Crippen molar-refractivity contribution in [3.05, 3.63) is 36.0 Å². The molecule has 88 valence electrons. The van der Waals surface area contributed by atoms with Gasteiger partial charge in [-0.1, -0.05) is 29.9 Å². The number of nitrogens with one attached hydrogen (secondary N) is 2. The molecule has 1 aliphatic rings. The van der Waals surface area contributed by atoms with Crippen LogP contribution < -0.4 is 10.6 Å². The van der Waals surface area contributed by atoms with Crippen LogP contribution in [0.25, 0.3) is 0 Å². The second-order valence-electron chi connectivity index (χ2n) is 3.74. The summed E-state index contributed by atoms with van der Waals surface area (Å²) in [6, 6.07) is 0. The highest BCUT2D eigenvalue weighted by Crippen LogP contribution is 2.07. The quantitative estimate of drug-likeness (QED) is 0.419. The minimum atomic E-state index is -0.0207. The lowest BCUT2D eigenvalue weighted by molar-refractivity contribution is -0.116. The van der Waals surface area contributed by atoms with E-state index in [1.807, 2.05) is 19.1 Å². The van der Waals surface area contributed by atoms with Crippen molar-refractivity contribution in [1.29, 1.82) is 0 Å². The van der Waals surface area contributed by atoms with Gasteiger partial charge in [-0.15, -0.1) is 0 Å². The van der Waals surface area contributed by atoms with Crippen LogP contribution in [0.3, 0.4) is 0 Å². The fraction of sp³-hybridized carbons (Fsp3) is 0.462. The molecular formula is C13H20N2O. The average Bonchev–Trinajstić information content (AvgIpc) is 2.31. The topological polar surface area (TPSA) is 41.1 Å². The lowest BCUT2D eigenvalue weighted by Crippen LogP contribution is -2.25. The Morgan fingerprint density at radius 2 is 2.44 bits per heavy atom. The van der Waals surface area contributed by atoms with E-state index in [-0.39, 0.29) is 5.91 Å². The molecule has 3 heteroatoms. The van der Waals surface area contributed by atoms with Crippen LogP contribution in [0.2, 0.25) is 0 Å². The number of carbonyl (C=O) groups is 1. The fourth-order valence-electron chi connectivity index (χ4n) is 1.56. The summed E-state index contributed by atoms with van der Waals surface area (Å²) in [5, 5.41) is 6.13. The second kappa shape index (κ2) is 7.88. The number of hydrogen-bond acceptors (Lipinski definition) is 2. The van der Waals surface area contributed by atoms with Crippen LogP contribution in [-0.4, -0.2) is 25.5 Å². The summed E-state index contributed by atoms with van der Waals surface area (Å²) < 4.78 is 0. The van der Waals surface area contributed by atoms with Gasteiger partial charge in [-0.2, -0.15) is 0 Å². The van der Waals surface area contributed by atoms with Crippen molar-refractivity contribution < 1.29 is 4.79 Å². The van der Waals surface area contributed by atoms with E-state index in [1.165, 1.54) is 5.57 Å². The molecule has 1 rings (SSSR count). The maximum Gasteiger partial charge on any atom is 0.243 e. The number of hydrogen-bond donors (Lipinski definition) is 2. The largest absolute Gasteiger partial charge is 0.352 e. The molecule has 16 heavy (non-hydrogen) atoms. The summed E-state index contributed by atoms with van der Waals surface area (Å²) in [5.74, 6) is -0.0207. The summed E-state index contributed by atoms with van der Waals surface area (Å²) in [6.07, 6.45) is 11.3. The smallest absolute Gasteiger partial charge is 0.243 e. The van der Waals surface area contributed by atoms with Gasteiger partial charge in [-0.3, -0.25) is 4.79 Å². The van der Waals surface area contributed by atoms with Gasteiger partial charge in [-0.05, 0) is 26.3 Å². The van der Waals surface area contributed by atoms with Crippen LogP contribution in [0.5, 0.6) is 0 Å². The monoisotopic (exact) mass is 220 g/mol. The van der Waals surface area contributed by atoms with Gasteiger partial charge in [0.15, 0.2) is 0 Å². The van der Waals surface area contributed by atoms with Gasteiger partial charge < -0.3 is 10.6 Å². The van der Waals surface area contributed by atoms with Gasteiger partial charge in [-0.25, -0.2) is 0 Å². The minimum Gasteiger partial charge on any atom is -0.352 e. The van der Waals surface area contributed by atoms with Gasteiger partial charge in [0.05, 0.1) is 0 Å². The molecule has 1 heterocycles. The van der Waals surface area contributed by atoms with Gasteiger partial charge >= 0.3 is 0 Å². The highest BCUT2D eigenvalue weighted by atomic mass is 16.1. The van der Waals surface area contributed by atoms with Gasteiger partial charge in [0.2, 0.25) is 5.91 Å². The Bertz CT molecular complexity index is 303. The lowest BCUT2D eigenvalue weighted by atomic mass is 10.1. The Morgan fingerprint density at radius 3 is 3.12 bits per heavy atom. The van der Waals surface area contributed by atoms with Gasteiger partial charge in [0.25, 0.3) is 0 Å². The molecule has 1 aliphatic heterocycles. The Morgan fingerprint density at radius 1 is 1.56 bits per heavy atom. The first-order valence-corrected chi connectivity index (χ1v) is 5.78. The first-order chi connectivity index (χ1) is 7.83. The van der Waals surface area contributed by atoms with E-state index in [0.29, 0.717) is 0 Å². The molecule has 0 atom stereocenters. The summed E-state index contributed by atoms with van der Waals surface area (Å²) in [5.41, 5.74) is 1.44. The second-order valence-corrected chi connectivity index (χ2v) is 3.74. The highest BCUT2D eigenvalue weighted by molar-refractivity contribution is 5.87. The summed E-state index contributed by atoms with van der Waals surface area (Å²) in [7, 11) is 0. The van der Waals surface area contributed by atoms with E-state index in [1.54, 1.807) is 12.2 Å². The van der Waals surface area contributed by atoms with Crippen molar-refractivity contribution in [2.75, 3.05) is 19.6 Å². The van der Waals surface area contributed by atoms with Crippen LogP contribution >= 0.6 is 0 Å². The van der Waals surface area contributed by atoms with Crippen LogP contribution in [0.4, 0.5) is 0 Å². The van der Waals surface area contributed by atoms with Crippen molar-refractivity contribution in [1.82, 2.24) is 10.6 Å². The maximum atomic E-state index is 11.3. The van der Waals surface area contributed by atoms with Crippen LogP contribution in [0.15, 0.2) is 36.0 Å². The first-order valence-electron chi connectivity index (χ1n) is 5.78. The fourth-order valence-corrected chi connectivity index (χ4v) is 1.56. The zero-order valence-electron chi connectivity index (χ0n) is 9.83. The molecule has 2 N–H and O–H groups in total. The highest BCUT2D eigenvalue weighted by Gasteiger charge is 2.02. The summed E-state index contributed by atoms with van der Waals surface area (Å²) >= 11 is 0. The Kier molecular flexibility index (Phi) is 6.26. The van der Waals surface area contributed by atoms with Gasteiger partial charge in [0.1, 0.15) is 0 Å². The van der Waals surface area contributed by atoms with E-state index in [2.05, 4.69) is 16.7 Å². The van der Waals surface area contributed by atoms with E-state index < -0.39 is 0 Å². The number of amides is 1. The molecule has 0 saturated carbocycles. The lowest BCUT2D eigenvalue weighted by Gasteiger charge is -2.13. The molecule has 0 aromatic rings. The predicted molar refractivity (Wildman–Crippen MR) is 67.2 cm³/mol. The van der Waals surface area contributed by atoms with E-state index in [0.717, 1.165) is 32.5 Å². The molecule has 1 amide bonds. The Balaban J connectivity index is 2.14.